The second kappa shape index (κ2) is 11.3. The van der Waals surface area contributed by atoms with E-state index in [0.717, 1.165) is 0 Å². The number of carbonyl (C=O) groups is 1. The van der Waals surface area contributed by atoms with Crippen LogP contribution >= 0.6 is 0 Å². The van der Waals surface area contributed by atoms with Crippen molar-refractivity contribution in [3.05, 3.63) is 27.8 Å². The third kappa shape index (κ3) is 6.69. The van der Waals surface area contributed by atoms with Gasteiger partial charge in [-0.2, -0.15) is 0 Å². The number of nitro benzene ring substituents is 1. The highest BCUT2D eigenvalue weighted by molar-refractivity contribution is 5.99. The Balaban J connectivity index is 3.12. The average molecular weight is 384 g/mol. The molecule has 1 aromatic rings. The largest absolute Gasteiger partial charge is 0.493 e. The van der Waals surface area contributed by atoms with Crippen LogP contribution in [0.25, 0.3) is 0 Å². The van der Waals surface area contributed by atoms with Gasteiger partial charge in [0.15, 0.2) is 11.5 Å². The van der Waals surface area contributed by atoms with E-state index in [-0.39, 0.29) is 47.9 Å². The summed E-state index contributed by atoms with van der Waals surface area (Å²) in [4.78, 5) is 23.5. The SMILES string of the molecule is CC[C@@H](C[C@@H](C)CO)NC(=O)c1cc(OC)c(OCCOC)cc1[N+](=O)[O-]. The molecule has 1 rings (SSSR count). The van der Waals surface area contributed by atoms with Crippen molar-refractivity contribution in [2.45, 2.75) is 32.7 Å². The molecule has 2 atom stereocenters. The molecule has 0 bridgehead atoms. The molecular weight excluding hydrogens is 356 g/mol. The van der Waals surface area contributed by atoms with E-state index in [1.807, 2.05) is 13.8 Å². The van der Waals surface area contributed by atoms with Crippen LogP contribution in [0.2, 0.25) is 0 Å². The molecule has 152 valence electrons. The zero-order chi connectivity index (χ0) is 20.4. The minimum absolute atomic E-state index is 0.00779. The monoisotopic (exact) mass is 384 g/mol. The van der Waals surface area contributed by atoms with Crippen molar-refractivity contribution < 1.29 is 29.0 Å². The summed E-state index contributed by atoms with van der Waals surface area (Å²) < 4.78 is 15.6. The molecule has 0 aliphatic rings. The smallest absolute Gasteiger partial charge is 0.286 e. The quantitative estimate of drug-likeness (QED) is 0.322. The first-order valence-corrected chi connectivity index (χ1v) is 8.77. The lowest BCUT2D eigenvalue weighted by molar-refractivity contribution is -0.385. The number of carbonyl (C=O) groups excluding carboxylic acids is 1. The molecule has 0 unspecified atom stereocenters. The summed E-state index contributed by atoms with van der Waals surface area (Å²) in [5.74, 6) is -0.172. The van der Waals surface area contributed by atoms with Crippen LogP contribution in [0, 0.1) is 16.0 Å². The normalized spacial score (nSPS) is 12.9. The molecule has 2 N–H and O–H groups in total. The van der Waals surface area contributed by atoms with E-state index in [1.54, 1.807) is 0 Å². The highest BCUT2D eigenvalue weighted by atomic mass is 16.6. The van der Waals surface area contributed by atoms with Crippen LogP contribution in [0.3, 0.4) is 0 Å². The zero-order valence-electron chi connectivity index (χ0n) is 16.2. The summed E-state index contributed by atoms with van der Waals surface area (Å²) in [5.41, 5.74) is -0.475. The van der Waals surface area contributed by atoms with Gasteiger partial charge in [-0.05, 0) is 18.8 Å². The topological polar surface area (TPSA) is 120 Å². The van der Waals surface area contributed by atoms with Gasteiger partial charge in [0.25, 0.3) is 11.6 Å². The van der Waals surface area contributed by atoms with Gasteiger partial charge in [-0.1, -0.05) is 13.8 Å². The Hall–Kier alpha value is -2.39. The van der Waals surface area contributed by atoms with Gasteiger partial charge < -0.3 is 24.6 Å². The summed E-state index contributed by atoms with van der Waals surface area (Å²) in [6.45, 7) is 4.27. The first kappa shape index (κ1) is 22.7. The maximum atomic E-state index is 12.7. The van der Waals surface area contributed by atoms with Crippen molar-refractivity contribution in [3.63, 3.8) is 0 Å². The van der Waals surface area contributed by atoms with E-state index in [2.05, 4.69) is 5.32 Å². The lowest BCUT2D eigenvalue weighted by Crippen LogP contribution is -2.36. The maximum absolute atomic E-state index is 12.7. The molecule has 1 aromatic carbocycles. The molecule has 0 saturated heterocycles. The first-order chi connectivity index (χ1) is 12.9. The molecule has 9 nitrogen and oxygen atoms in total. The molecule has 0 saturated carbocycles. The van der Waals surface area contributed by atoms with Crippen molar-refractivity contribution in [1.82, 2.24) is 5.32 Å². The maximum Gasteiger partial charge on any atom is 0.286 e. The number of amides is 1. The molecule has 0 heterocycles. The van der Waals surface area contributed by atoms with Crippen molar-refractivity contribution >= 4 is 11.6 Å². The van der Waals surface area contributed by atoms with Crippen LogP contribution in [0.1, 0.15) is 37.0 Å². The standard InChI is InChI=1S/C18H28N2O7/c1-5-13(8-12(2)11-21)19-18(22)14-9-16(26-4)17(27-7-6-25-3)10-15(14)20(23)24/h9-10,12-13,21H,5-8,11H2,1-4H3,(H,19,22)/t12-,13+/m1/s1. The van der Waals surface area contributed by atoms with Gasteiger partial charge in [0, 0.05) is 25.8 Å². The van der Waals surface area contributed by atoms with Gasteiger partial charge in [0.2, 0.25) is 0 Å². The summed E-state index contributed by atoms with van der Waals surface area (Å²) in [5, 5.41) is 23.4. The third-order valence-corrected chi connectivity index (χ3v) is 4.09. The van der Waals surface area contributed by atoms with Crippen molar-refractivity contribution in [1.29, 1.82) is 0 Å². The number of methoxy groups -OCH3 is 2. The lowest BCUT2D eigenvalue weighted by Gasteiger charge is -2.20. The fourth-order valence-electron chi connectivity index (χ4n) is 2.54. The predicted octanol–water partition coefficient (Wildman–Crippen LogP) is 2.16. The van der Waals surface area contributed by atoms with E-state index >= 15 is 0 Å². The number of nitrogens with zero attached hydrogens (tertiary/aromatic N) is 1. The first-order valence-electron chi connectivity index (χ1n) is 8.77. The molecule has 0 aliphatic carbocycles. The summed E-state index contributed by atoms with van der Waals surface area (Å²) in [6, 6.07) is 2.28. The van der Waals surface area contributed by atoms with Gasteiger partial charge in [0.05, 0.1) is 24.7 Å². The number of hydrogen-bond acceptors (Lipinski definition) is 7. The molecule has 0 spiro atoms. The van der Waals surface area contributed by atoms with Gasteiger partial charge in [-0.15, -0.1) is 0 Å². The summed E-state index contributed by atoms with van der Waals surface area (Å²) in [7, 11) is 2.90. The van der Waals surface area contributed by atoms with E-state index in [9.17, 15) is 20.0 Å². The van der Waals surface area contributed by atoms with Crippen LogP contribution in [0.15, 0.2) is 12.1 Å². The second-order valence-electron chi connectivity index (χ2n) is 6.22. The Labute approximate surface area is 158 Å². The number of aliphatic hydroxyl groups is 1. The van der Waals surface area contributed by atoms with Gasteiger partial charge in [-0.3, -0.25) is 14.9 Å². The number of nitrogens with one attached hydrogen (secondary N) is 1. The average Bonchev–Trinajstić information content (AvgIpc) is 2.66. The molecule has 0 aromatic heterocycles. The zero-order valence-corrected chi connectivity index (χ0v) is 16.2. The van der Waals surface area contributed by atoms with Crippen LogP contribution in [-0.2, 0) is 4.74 Å². The highest BCUT2D eigenvalue weighted by Gasteiger charge is 2.26. The molecule has 0 fully saturated rings. The van der Waals surface area contributed by atoms with E-state index in [0.29, 0.717) is 19.4 Å². The minimum Gasteiger partial charge on any atom is -0.493 e. The Morgan fingerprint density at radius 1 is 1.30 bits per heavy atom. The number of aliphatic hydroxyl groups excluding tert-OH is 1. The Morgan fingerprint density at radius 2 is 2.00 bits per heavy atom. The Kier molecular flexibility index (Phi) is 9.52. The fraction of sp³-hybridized carbons (Fsp3) is 0.611. The number of nitro groups is 1. The number of benzene rings is 1. The molecular formula is C18H28N2O7. The van der Waals surface area contributed by atoms with Crippen molar-refractivity contribution in [2.75, 3.05) is 34.0 Å². The summed E-state index contributed by atoms with van der Waals surface area (Å²) >= 11 is 0. The van der Waals surface area contributed by atoms with Gasteiger partial charge in [0.1, 0.15) is 12.2 Å². The van der Waals surface area contributed by atoms with Crippen LogP contribution in [0.5, 0.6) is 11.5 Å². The predicted molar refractivity (Wildman–Crippen MR) is 99.4 cm³/mol. The van der Waals surface area contributed by atoms with E-state index in [4.69, 9.17) is 14.2 Å². The van der Waals surface area contributed by atoms with Gasteiger partial charge in [-0.25, -0.2) is 0 Å². The lowest BCUT2D eigenvalue weighted by atomic mass is 10.00. The van der Waals surface area contributed by atoms with Crippen LogP contribution < -0.4 is 14.8 Å². The summed E-state index contributed by atoms with van der Waals surface area (Å²) in [6.07, 6.45) is 1.21. The molecule has 0 radical (unpaired) electrons. The number of rotatable bonds is 12. The van der Waals surface area contributed by atoms with Gasteiger partial charge >= 0.3 is 0 Å². The Bertz CT molecular complexity index is 636. The van der Waals surface area contributed by atoms with Crippen molar-refractivity contribution in [2.24, 2.45) is 5.92 Å². The number of hydrogen-bond donors (Lipinski definition) is 2. The highest BCUT2D eigenvalue weighted by Crippen LogP contribution is 2.35. The van der Waals surface area contributed by atoms with Crippen molar-refractivity contribution in [3.8, 4) is 11.5 Å². The molecule has 0 aliphatic heterocycles. The van der Waals surface area contributed by atoms with Crippen LogP contribution in [-0.4, -0.2) is 56.0 Å². The second-order valence-corrected chi connectivity index (χ2v) is 6.22. The fourth-order valence-corrected chi connectivity index (χ4v) is 2.54. The minimum atomic E-state index is -0.630. The molecule has 27 heavy (non-hydrogen) atoms. The van der Waals surface area contributed by atoms with E-state index < -0.39 is 10.8 Å². The molecule has 1 amide bonds. The van der Waals surface area contributed by atoms with Crippen LogP contribution in [0.4, 0.5) is 5.69 Å². The number of ether oxygens (including phenoxy) is 3. The Morgan fingerprint density at radius 3 is 2.52 bits per heavy atom. The molecule has 9 heteroatoms. The van der Waals surface area contributed by atoms with E-state index in [1.165, 1.54) is 26.4 Å². The third-order valence-electron chi connectivity index (χ3n) is 4.09.